The van der Waals surface area contributed by atoms with Gasteiger partial charge in [-0.15, -0.1) is 0 Å². The molecule has 1 aliphatic heterocycles. The maximum absolute atomic E-state index is 12.8. The van der Waals surface area contributed by atoms with E-state index in [2.05, 4.69) is 38.0 Å². The number of esters is 1. The van der Waals surface area contributed by atoms with Gasteiger partial charge in [-0.25, -0.2) is 4.79 Å². The molecule has 170 valence electrons. The van der Waals surface area contributed by atoms with Crippen molar-refractivity contribution in [1.29, 1.82) is 0 Å². The van der Waals surface area contributed by atoms with Crippen LogP contribution >= 0.6 is 15.9 Å². The third kappa shape index (κ3) is 5.52. The van der Waals surface area contributed by atoms with Gasteiger partial charge in [0.15, 0.2) is 0 Å². The molecule has 6 heteroatoms. The summed E-state index contributed by atoms with van der Waals surface area (Å²) in [6.45, 7) is 3.76. The van der Waals surface area contributed by atoms with Crippen LogP contribution in [-0.2, 0) is 16.1 Å². The highest BCUT2D eigenvalue weighted by Gasteiger charge is 2.21. The van der Waals surface area contributed by atoms with Crippen molar-refractivity contribution >= 4 is 33.2 Å². The second-order valence-electron chi connectivity index (χ2n) is 7.97. The molecule has 5 nitrogen and oxygen atoms in total. The van der Waals surface area contributed by atoms with Crippen LogP contribution in [0.2, 0.25) is 0 Å². The molecule has 0 N–H and O–H groups in total. The molecule has 3 aromatic rings. The zero-order chi connectivity index (χ0) is 23.2. The van der Waals surface area contributed by atoms with Gasteiger partial charge in [0.2, 0.25) is 0 Å². The van der Waals surface area contributed by atoms with Crippen LogP contribution in [0.4, 0.5) is 5.69 Å². The van der Waals surface area contributed by atoms with Gasteiger partial charge in [0, 0.05) is 30.9 Å². The highest BCUT2D eigenvalue weighted by molar-refractivity contribution is 9.10. The Morgan fingerprint density at radius 3 is 2.61 bits per heavy atom. The van der Waals surface area contributed by atoms with Crippen molar-refractivity contribution in [3.05, 3.63) is 99.8 Å². The van der Waals surface area contributed by atoms with Crippen LogP contribution in [0.5, 0.6) is 0 Å². The Morgan fingerprint density at radius 2 is 1.91 bits per heavy atom. The number of rotatable bonds is 7. The lowest BCUT2D eigenvalue weighted by Gasteiger charge is -2.30. The Morgan fingerprint density at radius 1 is 1.15 bits per heavy atom. The van der Waals surface area contributed by atoms with Crippen molar-refractivity contribution in [3.63, 3.8) is 0 Å². The summed E-state index contributed by atoms with van der Waals surface area (Å²) < 4.78 is 11.9. The fourth-order valence-corrected chi connectivity index (χ4v) is 4.58. The van der Waals surface area contributed by atoms with E-state index in [-0.39, 0.29) is 18.7 Å². The maximum Gasteiger partial charge on any atom is 0.340 e. The fourth-order valence-electron chi connectivity index (χ4n) is 3.91. The molecule has 1 atom stereocenters. The van der Waals surface area contributed by atoms with Crippen LogP contribution in [0.1, 0.15) is 46.6 Å². The van der Waals surface area contributed by atoms with Crippen molar-refractivity contribution in [2.45, 2.75) is 26.1 Å². The van der Waals surface area contributed by atoms with E-state index in [1.165, 1.54) is 5.57 Å². The molecule has 0 saturated carbocycles. The van der Waals surface area contributed by atoms with E-state index in [0.717, 1.165) is 39.9 Å². The maximum atomic E-state index is 12.8. The van der Waals surface area contributed by atoms with E-state index in [1.54, 1.807) is 7.11 Å². The first-order chi connectivity index (χ1) is 16.1. The van der Waals surface area contributed by atoms with Crippen LogP contribution in [0.25, 0.3) is 5.57 Å². The summed E-state index contributed by atoms with van der Waals surface area (Å²) in [5, 5.41) is 0. The molecule has 0 amide bonds. The van der Waals surface area contributed by atoms with E-state index in [4.69, 9.17) is 9.47 Å². The summed E-state index contributed by atoms with van der Waals surface area (Å²) in [5.41, 5.74) is 5.70. The second kappa shape index (κ2) is 10.8. The van der Waals surface area contributed by atoms with E-state index < -0.39 is 0 Å². The number of para-hydroxylation sites is 1. The molecule has 0 radical (unpaired) electrons. The van der Waals surface area contributed by atoms with Crippen molar-refractivity contribution in [2.24, 2.45) is 0 Å². The SMILES string of the molecule is COC(C)c1ncc(C2=CCN(c3ccccc3C(=O)OCc3ccccc3)CC2)cc1Br. The van der Waals surface area contributed by atoms with Gasteiger partial charge in [0.1, 0.15) is 6.61 Å². The Hall–Kier alpha value is -2.96. The molecule has 2 aromatic carbocycles. The first kappa shape index (κ1) is 23.2. The van der Waals surface area contributed by atoms with Gasteiger partial charge in [-0.05, 0) is 64.2 Å². The Bertz CT molecular complexity index is 1150. The van der Waals surface area contributed by atoms with E-state index in [9.17, 15) is 4.79 Å². The van der Waals surface area contributed by atoms with Gasteiger partial charge >= 0.3 is 5.97 Å². The van der Waals surface area contributed by atoms with Gasteiger partial charge in [-0.1, -0.05) is 48.5 Å². The normalized spacial score (nSPS) is 14.5. The minimum absolute atomic E-state index is 0.0672. The molecular formula is C27H27BrN2O3. The third-order valence-corrected chi connectivity index (χ3v) is 6.50. The number of halogens is 1. The number of hydrogen-bond acceptors (Lipinski definition) is 5. The van der Waals surface area contributed by atoms with Crippen molar-refractivity contribution in [3.8, 4) is 0 Å². The molecular weight excluding hydrogens is 480 g/mol. The highest BCUT2D eigenvalue weighted by atomic mass is 79.9. The summed E-state index contributed by atoms with van der Waals surface area (Å²) in [6.07, 6.45) is 4.91. The lowest BCUT2D eigenvalue weighted by atomic mass is 9.99. The molecule has 0 fully saturated rings. The minimum atomic E-state index is -0.305. The molecule has 1 aromatic heterocycles. The lowest BCUT2D eigenvalue weighted by Crippen LogP contribution is -2.30. The van der Waals surface area contributed by atoms with Crippen LogP contribution in [0.15, 0.2) is 77.4 Å². The topological polar surface area (TPSA) is 51.7 Å². The first-order valence-corrected chi connectivity index (χ1v) is 11.8. The second-order valence-corrected chi connectivity index (χ2v) is 8.83. The highest BCUT2D eigenvalue weighted by Crippen LogP contribution is 2.31. The van der Waals surface area contributed by atoms with Crippen molar-refractivity contribution < 1.29 is 14.3 Å². The number of benzene rings is 2. The number of carbonyl (C=O) groups is 1. The predicted molar refractivity (Wildman–Crippen MR) is 134 cm³/mol. The van der Waals surface area contributed by atoms with E-state index in [0.29, 0.717) is 12.1 Å². The number of hydrogen-bond donors (Lipinski definition) is 0. The molecule has 2 heterocycles. The minimum Gasteiger partial charge on any atom is -0.457 e. The van der Waals surface area contributed by atoms with E-state index >= 15 is 0 Å². The smallest absolute Gasteiger partial charge is 0.340 e. The fraction of sp³-hybridized carbons (Fsp3) is 0.259. The van der Waals surface area contributed by atoms with Crippen LogP contribution < -0.4 is 4.90 Å². The summed E-state index contributed by atoms with van der Waals surface area (Å²) in [5.74, 6) is -0.305. The number of carbonyl (C=O) groups excluding carboxylic acids is 1. The quantitative estimate of drug-likeness (QED) is 0.357. The largest absolute Gasteiger partial charge is 0.457 e. The van der Waals surface area contributed by atoms with Crippen molar-refractivity contribution in [1.82, 2.24) is 4.98 Å². The standard InChI is InChI=1S/C27H27BrN2O3/c1-19(32-2)26-24(28)16-22(17-29-26)21-12-14-30(15-13-21)25-11-7-6-10-23(25)27(31)33-18-20-8-4-3-5-9-20/h3-12,16-17,19H,13-15,18H2,1-2H3. The van der Waals surface area contributed by atoms with Crippen LogP contribution in [0, 0.1) is 0 Å². The van der Waals surface area contributed by atoms with Gasteiger partial charge in [-0.3, -0.25) is 4.98 Å². The molecule has 1 unspecified atom stereocenters. The van der Waals surface area contributed by atoms with Gasteiger partial charge in [0.05, 0.1) is 23.0 Å². The van der Waals surface area contributed by atoms with Gasteiger partial charge in [-0.2, -0.15) is 0 Å². The Kier molecular flexibility index (Phi) is 7.57. The number of ether oxygens (including phenoxy) is 2. The molecule has 0 saturated heterocycles. The Labute approximate surface area is 203 Å². The first-order valence-electron chi connectivity index (χ1n) is 11.0. The summed E-state index contributed by atoms with van der Waals surface area (Å²) in [7, 11) is 1.68. The van der Waals surface area contributed by atoms with Gasteiger partial charge in [0.25, 0.3) is 0 Å². The predicted octanol–water partition coefficient (Wildman–Crippen LogP) is 6.20. The lowest BCUT2D eigenvalue weighted by molar-refractivity contribution is 0.0473. The number of anilines is 1. The van der Waals surface area contributed by atoms with E-state index in [1.807, 2.05) is 67.7 Å². The molecule has 0 spiro atoms. The zero-order valence-corrected chi connectivity index (χ0v) is 20.4. The summed E-state index contributed by atoms with van der Waals surface area (Å²) in [6, 6.07) is 19.5. The number of aromatic nitrogens is 1. The van der Waals surface area contributed by atoms with Crippen LogP contribution in [-0.4, -0.2) is 31.2 Å². The molecule has 1 aliphatic rings. The van der Waals surface area contributed by atoms with Crippen molar-refractivity contribution in [2.75, 3.05) is 25.1 Å². The number of methoxy groups -OCH3 is 1. The average Bonchev–Trinajstić information content (AvgIpc) is 2.87. The molecule has 0 aliphatic carbocycles. The zero-order valence-electron chi connectivity index (χ0n) is 18.8. The number of nitrogens with zero attached hydrogens (tertiary/aromatic N) is 2. The number of pyridine rings is 1. The Balaban J connectivity index is 1.46. The molecule has 4 rings (SSSR count). The summed E-state index contributed by atoms with van der Waals surface area (Å²) in [4.78, 5) is 19.6. The monoisotopic (exact) mass is 506 g/mol. The molecule has 33 heavy (non-hydrogen) atoms. The average molecular weight is 507 g/mol. The van der Waals surface area contributed by atoms with Crippen LogP contribution in [0.3, 0.4) is 0 Å². The van der Waals surface area contributed by atoms with Gasteiger partial charge < -0.3 is 14.4 Å². The molecule has 0 bridgehead atoms. The summed E-state index contributed by atoms with van der Waals surface area (Å²) >= 11 is 3.63. The third-order valence-electron chi connectivity index (χ3n) is 5.87.